The van der Waals surface area contributed by atoms with Crippen LogP contribution in [0.5, 0.6) is 0 Å². The summed E-state index contributed by atoms with van der Waals surface area (Å²) >= 11 is 6.56. The molecule has 166 valence electrons. The Bertz CT molecular complexity index is 1150. The van der Waals surface area contributed by atoms with E-state index in [2.05, 4.69) is 121 Å². The van der Waals surface area contributed by atoms with Gasteiger partial charge in [0.15, 0.2) is 0 Å². The second kappa shape index (κ2) is 10.5. The van der Waals surface area contributed by atoms with E-state index in [0.717, 1.165) is 0 Å². The highest BCUT2D eigenvalue weighted by Crippen LogP contribution is 2.63. The first-order valence-electron chi connectivity index (χ1n) is 11.8. The molecule has 5 rings (SSSR count). The third-order valence-electron chi connectivity index (χ3n) is 6.87. The molecule has 0 nitrogen and oxygen atoms in total. The van der Waals surface area contributed by atoms with Crippen LogP contribution in [0.1, 0.15) is 30.5 Å². The molecule has 3 heteroatoms. The van der Waals surface area contributed by atoms with Crippen molar-refractivity contribution in [2.45, 2.75) is 30.6 Å². The van der Waals surface area contributed by atoms with Crippen molar-refractivity contribution in [3.63, 3.8) is 0 Å². The highest BCUT2D eigenvalue weighted by molar-refractivity contribution is 8.18. The van der Waals surface area contributed by atoms with E-state index < -0.39 is 14.0 Å². The molecule has 0 radical (unpaired) electrons. The maximum atomic E-state index is 6.56. The molecule has 0 amide bonds. The lowest BCUT2D eigenvalue weighted by Gasteiger charge is -2.34. The summed E-state index contributed by atoms with van der Waals surface area (Å²) < 4.78 is 0. The first kappa shape index (κ1) is 22.7. The van der Waals surface area contributed by atoms with Crippen LogP contribution < -0.4 is 15.9 Å². The molecule has 1 aliphatic heterocycles. The van der Waals surface area contributed by atoms with E-state index >= 15 is 0 Å². The average Bonchev–Trinajstić information content (AvgIpc) is 3.27. The van der Waals surface area contributed by atoms with Crippen molar-refractivity contribution in [1.29, 1.82) is 0 Å². The molecule has 0 saturated carbocycles. The second-order valence-corrected chi connectivity index (χ2v) is 16.5. The molecule has 0 N–H and O–H groups in total. The van der Waals surface area contributed by atoms with Gasteiger partial charge in [0, 0.05) is 5.66 Å². The maximum Gasteiger partial charge on any atom is 0.0128 e. The van der Waals surface area contributed by atoms with Gasteiger partial charge in [0.25, 0.3) is 0 Å². The van der Waals surface area contributed by atoms with Crippen LogP contribution in [-0.2, 0) is 11.8 Å². The van der Waals surface area contributed by atoms with Gasteiger partial charge in [-0.3, -0.25) is 0 Å². The van der Waals surface area contributed by atoms with Crippen molar-refractivity contribution in [1.82, 2.24) is 0 Å². The van der Waals surface area contributed by atoms with Gasteiger partial charge in [0.2, 0.25) is 0 Å². The number of rotatable bonds is 7. The Kier molecular flexibility index (Phi) is 7.22. The van der Waals surface area contributed by atoms with Gasteiger partial charge in [-0.05, 0) is 66.5 Å². The highest BCUT2D eigenvalue weighted by atomic mass is 32.4. The zero-order valence-corrected chi connectivity index (χ0v) is 21.4. The van der Waals surface area contributed by atoms with Gasteiger partial charge in [-0.1, -0.05) is 133 Å². The predicted octanol–water partition coefficient (Wildman–Crippen LogP) is 7.22. The molecule has 3 atom stereocenters. The van der Waals surface area contributed by atoms with E-state index in [1.807, 2.05) is 0 Å². The van der Waals surface area contributed by atoms with Crippen LogP contribution in [-0.4, -0.2) is 11.8 Å². The predicted molar refractivity (Wildman–Crippen MR) is 151 cm³/mol. The van der Waals surface area contributed by atoms with Crippen molar-refractivity contribution in [3.05, 3.63) is 127 Å². The fourth-order valence-electron chi connectivity index (χ4n) is 5.27. The largest absolute Gasteiger partial charge is 0.0923 e. The minimum Gasteiger partial charge on any atom is -0.0923 e. The Morgan fingerprint density at radius 1 is 0.697 bits per heavy atom. The molecule has 1 heterocycles. The summed E-state index contributed by atoms with van der Waals surface area (Å²) in [6.45, 7) is 0. The number of benzene rings is 4. The topological polar surface area (TPSA) is 0 Å². The first-order chi connectivity index (χ1) is 16.3. The Balaban J connectivity index is 1.59. The molecule has 1 fully saturated rings. The molecule has 0 spiro atoms. The summed E-state index contributed by atoms with van der Waals surface area (Å²) in [4.78, 5) is 0. The Hall–Kier alpha value is -2.04. The molecule has 3 unspecified atom stereocenters. The van der Waals surface area contributed by atoms with E-state index in [4.69, 9.17) is 11.8 Å². The first-order valence-corrected chi connectivity index (χ1v) is 16.3. The molecule has 33 heavy (non-hydrogen) atoms. The lowest BCUT2D eigenvalue weighted by Crippen LogP contribution is -2.22. The van der Waals surface area contributed by atoms with Gasteiger partial charge in [-0.2, -0.15) is 0 Å². The van der Waals surface area contributed by atoms with Gasteiger partial charge >= 0.3 is 0 Å². The summed E-state index contributed by atoms with van der Waals surface area (Å²) in [6.07, 6.45) is 4.92. The van der Waals surface area contributed by atoms with Crippen LogP contribution in [0.15, 0.2) is 121 Å². The lowest BCUT2D eigenvalue weighted by molar-refractivity contribution is 0.700. The van der Waals surface area contributed by atoms with Crippen LogP contribution in [0, 0.1) is 0 Å². The van der Waals surface area contributed by atoms with Crippen LogP contribution in [0.25, 0.3) is 0 Å². The van der Waals surface area contributed by atoms with Crippen LogP contribution in [0.3, 0.4) is 0 Å². The monoisotopic (exact) mass is 484 g/mol. The van der Waals surface area contributed by atoms with Crippen LogP contribution >= 0.6 is 14.0 Å². The van der Waals surface area contributed by atoms with Crippen molar-refractivity contribution >= 4 is 41.7 Å². The normalized spacial score (nSPS) is 21.2. The molecule has 0 aromatic heterocycles. The molecule has 1 aliphatic rings. The minimum absolute atomic E-state index is 0.458. The van der Waals surface area contributed by atoms with Gasteiger partial charge in [0.1, 0.15) is 0 Å². The van der Waals surface area contributed by atoms with Gasteiger partial charge < -0.3 is 0 Å². The Morgan fingerprint density at radius 2 is 1.18 bits per heavy atom. The molecular weight excluding hydrogens is 454 g/mol. The van der Waals surface area contributed by atoms with E-state index in [-0.39, 0.29) is 0 Å². The Labute approximate surface area is 204 Å². The number of hydrogen-bond donors (Lipinski definition) is 0. The summed E-state index contributed by atoms with van der Waals surface area (Å²) in [5.41, 5.74) is 2.52. The quantitative estimate of drug-likeness (QED) is 0.250. The molecule has 4 aromatic carbocycles. The summed E-state index contributed by atoms with van der Waals surface area (Å²) in [6, 6.07) is 43.1. The van der Waals surface area contributed by atoms with Crippen LogP contribution in [0.2, 0.25) is 0 Å². The van der Waals surface area contributed by atoms with Crippen molar-refractivity contribution in [2.24, 2.45) is 0 Å². The summed E-state index contributed by atoms with van der Waals surface area (Å²) in [7, 11) is -0.546. The van der Waals surface area contributed by atoms with Gasteiger partial charge in [-0.25, -0.2) is 0 Å². The smallest absolute Gasteiger partial charge is 0.0128 e. The third-order valence-corrected chi connectivity index (χ3v) is 15.6. The SMILES string of the molecule is S=P1(c2ccccc2)CCCC1CC(c1ccccc1)P(c1ccccc1)c1ccccc1. The summed E-state index contributed by atoms with van der Waals surface area (Å²) in [5, 5.41) is 4.36. The van der Waals surface area contributed by atoms with Crippen LogP contribution in [0.4, 0.5) is 0 Å². The highest BCUT2D eigenvalue weighted by Gasteiger charge is 2.38. The molecule has 1 saturated heterocycles. The van der Waals surface area contributed by atoms with Crippen molar-refractivity contribution in [3.8, 4) is 0 Å². The van der Waals surface area contributed by atoms with E-state index in [1.54, 1.807) is 0 Å². The standard InChI is InChI=1S/C30H30P2S/c33-32(28-20-11-4-12-21-28)23-13-22-29(32)24-30(25-14-5-1-6-15-25)31(26-16-7-2-8-17-26)27-18-9-3-10-19-27/h1-12,14-21,29-30H,13,22-24H2. The second-order valence-electron chi connectivity index (χ2n) is 8.85. The molecular formula is C30H30P2S. The molecule has 0 aliphatic carbocycles. The van der Waals surface area contributed by atoms with E-state index in [1.165, 1.54) is 46.9 Å². The van der Waals surface area contributed by atoms with Crippen molar-refractivity contribution in [2.75, 3.05) is 6.16 Å². The van der Waals surface area contributed by atoms with E-state index in [0.29, 0.717) is 11.3 Å². The maximum absolute atomic E-state index is 6.56. The third kappa shape index (κ3) is 4.93. The fourth-order valence-corrected chi connectivity index (χ4v) is 13.2. The zero-order valence-electron chi connectivity index (χ0n) is 18.8. The minimum atomic E-state index is -1.59. The molecule has 0 bridgehead atoms. The Morgan fingerprint density at radius 3 is 1.73 bits per heavy atom. The lowest BCUT2D eigenvalue weighted by atomic mass is 10.1. The average molecular weight is 485 g/mol. The van der Waals surface area contributed by atoms with Gasteiger partial charge in [-0.15, -0.1) is 0 Å². The van der Waals surface area contributed by atoms with Crippen molar-refractivity contribution < 1.29 is 0 Å². The fraction of sp³-hybridized carbons (Fsp3) is 0.200. The number of hydrogen-bond acceptors (Lipinski definition) is 1. The summed E-state index contributed by atoms with van der Waals surface area (Å²) in [5.74, 6) is 0. The zero-order chi connectivity index (χ0) is 22.5. The molecule has 4 aromatic rings. The van der Waals surface area contributed by atoms with E-state index in [9.17, 15) is 0 Å². The van der Waals surface area contributed by atoms with Gasteiger partial charge in [0.05, 0.1) is 0 Å².